The lowest BCUT2D eigenvalue weighted by molar-refractivity contribution is 0.256. The monoisotopic (exact) mass is 371 g/mol. The molecular formula is C20H25N3O2S. The molecule has 6 heteroatoms. The normalized spacial score (nSPS) is 12.8. The van der Waals surface area contributed by atoms with Gasteiger partial charge in [-0.25, -0.2) is 9.97 Å². The number of nitrogens with zero attached hydrogens (tertiary/aromatic N) is 2. The molecule has 5 nitrogen and oxygen atoms in total. The molecule has 1 atom stereocenters. The van der Waals surface area contributed by atoms with E-state index >= 15 is 0 Å². The minimum Gasteiger partial charge on any atom is -0.489 e. The number of hydrogen-bond donors (Lipinski definition) is 1. The molecule has 0 aliphatic heterocycles. The average Bonchev–Trinajstić information content (AvgIpc) is 3.15. The molecular weight excluding hydrogens is 346 g/mol. The van der Waals surface area contributed by atoms with E-state index in [4.69, 9.17) is 9.47 Å². The maximum absolute atomic E-state index is 5.99. The van der Waals surface area contributed by atoms with E-state index in [-0.39, 0.29) is 0 Å². The van der Waals surface area contributed by atoms with Crippen LogP contribution in [-0.2, 0) is 0 Å². The Balaban J connectivity index is 2.25. The lowest BCUT2D eigenvalue weighted by Crippen LogP contribution is -2.09. The molecule has 0 fully saturated rings. The predicted octanol–water partition coefficient (Wildman–Crippen LogP) is 5.73. The molecule has 0 radical (unpaired) electrons. The van der Waals surface area contributed by atoms with E-state index in [0.29, 0.717) is 35.6 Å². The van der Waals surface area contributed by atoms with Crippen LogP contribution in [-0.4, -0.2) is 16.6 Å². The molecule has 0 saturated carbocycles. The Morgan fingerprint density at radius 1 is 1.42 bits per heavy atom. The highest BCUT2D eigenvalue weighted by Gasteiger charge is 2.12. The summed E-state index contributed by atoms with van der Waals surface area (Å²) in [5, 5.41) is 5.87. The van der Waals surface area contributed by atoms with E-state index in [1.165, 1.54) is 11.3 Å². The fraction of sp³-hybridized carbons (Fsp3) is 0.300. The molecule has 0 amide bonds. The number of hydrogen-bond acceptors (Lipinski definition) is 6. The molecule has 1 N–H and O–H groups in total. The third-order valence-electron chi connectivity index (χ3n) is 3.55. The highest BCUT2D eigenvalue weighted by Crippen LogP contribution is 2.31. The van der Waals surface area contributed by atoms with Crippen molar-refractivity contribution in [3.8, 4) is 11.5 Å². The van der Waals surface area contributed by atoms with Crippen molar-refractivity contribution in [3.05, 3.63) is 60.5 Å². The second-order valence-corrected chi connectivity index (χ2v) is 6.61. The van der Waals surface area contributed by atoms with Crippen LogP contribution in [0.15, 0.2) is 60.5 Å². The van der Waals surface area contributed by atoms with Gasteiger partial charge >= 0.3 is 0 Å². The van der Waals surface area contributed by atoms with Gasteiger partial charge in [-0.05, 0) is 25.0 Å². The molecule has 2 aromatic rings. The number of thiazole rings is 1. The second kappa shape index (κ2) is 10.4. The van der Waals surface area contributed by atoms with E-state index in [1.807, 2.05) is 30.5 Å². The van der Waals surface area contributed by atoms with Gasteiger partial charge in [0.15, 0.2) is 16.7 Å². The minimum atomic E-state index is 0.450. The molecule has 0 aromatic carbocycles. The van der Waals surface area contributed by atoms with Gasteiger partial charge in [0, 0.05) is 17.6 Å². The summed E-state index contributed by atoms with van der Waals surface area (Å²) in [6.07, 6.45) is 11.7. The summed E-state index contributed by atoms with van der Waals surface area (Å²) in [6.45, 7) is 10.5. The van der Waals surface area contributed by atoms with Gasteiger partial charge in [-0.2, -0.15) is 0 Å². The topological polar surface area (TPSA) is 56.3 Å². The number of rotatable bonds is 10. The first-order valence-corrected chi connectivity index (χ1v) is 9.46. The Bertz CT molecular complexity index is 754. The van der Waals surface area contributed by atoms with Crippen molar-refractivity contribution in [2.45, 2.75) is 27.2 Å². The standard InChI is InChI=1S/C20H25N3O2S/c1-5-8-16(9-6-2)25-17-12-18(24-14-15(4)7-3)19(22-13-17)23-20-21-10-11-26-20/h5-6,8-13,15H,1,7,14H2,2-4H3,(H,21,22,23)/b9-6-,16-8+. The van der Waals surface area contributed by atoms with Crippen LogP contribution >= 0.6 is 11.3 Å². The summed E-state index contributed by atoms with van der Waals surface area (Å²) < 4.78 is 11.9. The maximum Gasteiger partial charge on any atom is 0.188 e. The summed E-state index contributed by atoms with van der Waals surface area (Å²) in [5.74, 6) is 2.98. The summed E-state index contributed by atoms with van der Waals surface area (Å²) in [5.41, 5.74) is 0. The Morgan fingerprint density at radius 3 is 2.92 bits per heavy atom. The minimum absolute atomic E-state index is 0.450. The third kappa shape index (κ3) is 6.04. The van der Waals surface area contributed by atoms with Gasteiger partial charge in [0.25, 0.3) is 0 Å². The molecule has 2 rings (SSSR count). The van der Waals surface area contributed by atoms with Crippen LogP contribution in [0.25, 0.3) is 0 Å². The lowest BCUT2D eigenvalue weighted by atomic mass is 10.1. The molecule has 0 saturated heterocycles. The van der Waals surface area contributed by atoms with E-state index in [0.717, 1.165) is 11.6 Å². The van der Waals surface area contributed by atoms with Crippen LogP contribution in [0.3, 0.4) is 0 Å². The second-order valence-electron chi connectivity index (χ2n) is 5.71. The Morgan fingerprint density at radius 2 is 2.27 bits per heavy atom. The van der Waals surface area contributed by atoms with Crippen LogP contribution in [0.2, 0.25) is 0 Å². The van der Waals surface area contributed by atoms with Crippen LogP contribution in [0, 0.1) is 5.92 Å². The van der Waals surface area contributed by atoms with Gasteiger partial charge in [-0.3, -0.25) is 0 Å². The van der Waals surface area contributed by atoms with Crippen LogP contribution in [0.5, 0.6) is 11.5 Å². The van der Waals surface area contributed by atoms with E-state index in [9.17, 15) is 0 Å². The van der Waals surface area contributed by atoms with Crippen molar-refractivity contribution in [2.75, 3.05) is 11.9 Å². The molecule has 0 spiro atoms. The molecule has 2 aromatic heterocycles. The fourth-order valence-corrected chi connectivity index (χ4v) is 2.49. The smallest absolute Gasteiger partial charge is 0.188 e. The zero-order valence-corrected chi connectivity index (χ0v) is 16.3. The number of pyridine rings is 1. The molecule has 138 valence electrons. The Labute approximate surface area is 159 Å². The van der Waals surface area contributed by atoms with Crippen LogP contribution in [0.1, 0.15) is 27.2 Å². The molecule has 0 bridgehead atoms. The molecule has 0 aliphatic rings. The number of allylic oxidation sites excluding steroid dienone is 4. The van der Waals surface area contributed by atoms with Gasteiger partial charge in [-0.1, -0.05) is 39.0 Å². The lowest BCUT2D eigenvalue weighted by Gasteiger charge is -2.15. The van der Waals surface area contributed by atoms with Gasteiger partial charge in [0.1, 0.15) is 11.5 Å². The summed E-state index contributed by atoms with van der Waals surface area (Å²) >= 11 is 1.51. The Kier molecular flexibility index (Phi) is 7.89. The highest BCUT2D eigenvalue weighted by atomic mass is 32.1. The van der Waals surface area contributed by atoms with Crippen molar-refractivity contribution >= 4 is 22.3 Å². The van der Waals surface area contributed by atoms with Crippen LogP contribution < -0.4 is 14.8 Å². The van der Waals surface area contributed by atoms with Crippen molar-refractivity contribution in [2.24, 2.45) is 5.92 Å². The van der Waals surface area contributed by atoms with Gasteiger partial charge in [0.05, 0.1) is 12.8 Å². The number of ether oxygens (including phenoxy) is 2. The first kappa shape index (κ1) is 19.7. The summed E-state index contributed by atoms with van der Waals surface area (Å²) in [6, 6.07) is 1.84. The quantitative estimate of drug-likeness (QED) is 0.427. The Hall–Kier alpha value is -2.60. The largest absolute Gasteiger partial charge is 0.489 e. The molecule has 1 unspecified atom stereocenters. The van der Waals surface area contributed by atoms with Crippen molar-refractivity contribution in [1.82, 2.24) is 9.97 Å². The van der Waals surface area contributed by atoms with Crippen molar-refractivity contribution in [3.63, 3.8) is 0 Å². The van der Waals surface area contributed by atoms with E-state index in [1.54, 1.807) is 24.5 Å². The van der Waals surface area contributed by atoms with Gasteiger partial charge in [-0.15, -0.1) is 11.3 Å². The molecule has 26 heavy (non-hydrogen) atoms. The van der Waals surface area contributed by atoms with Crippen LogP contribution in [0.4, 0.5) is 10.9 Å². The van der Waals surface area contributed by atoms with E-state index in [2.05, 4.69) is 35.7 Å². The van der Waals surface area contributed by atoms with Crippen molar-refractivity contribution < 1.29 is 9.47 Å². The SMILES string of the molecule is C=C/C=C(\C=C/C)Oc1cnc(Nc2nccs2)c(OCC(C)CC)c1. The zero-order valence-electron chi connectivity index (χ0n) is 15.4. The summed E-state index contributed by atoms with van der Waals surface area (Å²) in [4.78, 5) is 8.69. The average molecular weight is 372 g/mol. The van der Waals surface area contributed by atoms with Gasteiger partial charge in [0.2, 0.25) is 0 Å². The first-order chi connectivity index (χ1) is 12.7. The number of nitrogens with one attached hydrogen (secondary N) is 1. The zero-order chi connectivity index (χ0) is 18.8. The number of aromatic nitrogens is 2. The maximum atomic E-state index is 5.99. The van der Waals surface area contributed by atoms with Gasteiger partial charge < -0.3 is 14.8 Å². The fourth-order valence-electron chi connectivity index (χ4n) is 1.96. The van der Waals surface area contributed by atoms with Crippen molar-refractivity contribution in [1.29, 1.82) is 0 Å². The predicted molar refractivity (Wildman–Crippen MR) is 108 cm³/mol. The number of anilines is 2. The first-order valence-electron chi connectivity index (χ1n) is 8.58. The third-order valence-corrected chi connectivity index (χ3v) is 4.24. The van der Waals surface area contributed by atoms with E-state index < -0.39 is 0 Å². The molecule has 0 aliphatic carbocycles. The molecule has 2 heterocycles. The highest BCUT2D eigenvalue weighted by molar-refractivity contribution is 7.13. The summed E-state index contributed by atoms with van der Waals surface area (Å²) in [7, 11) is 0.